The van der Waals surface area contributed by atoms with E-state index in [1.54, 1.807) is 0 Å². The molecule has 3 rings (SSSR count). The molecule has 0 amide bonds. The number of fused-ring (bicyclic) bond motifs is 1. The van der Waals surface area contributed by atoms with Crippen LogP contribution in [-0.4, -0.2) is 24.3 Å². The lowest BCUT2D eigenvalue weighted by molar-refractivity contribution is 0.133. The molecule has 2 aromatic rings. The molecule has 24 heavy (non-hydrogen) atoms. The van der Waals surface area contributed by atoms with Crippen molar-refractivity contribution in [2.24, 2.45) is 0 Å². The van der Waals surface area contributed by atoms with E-state index in [2.05, 4.69) is 23.5 Å². The third-order valence-corrected chi connectivity index (χ3v) is 4.84. The fourth-order valence-electron chi connectivity index (χ4n) is 3.16. The van der Waals surface area contributed by atoms with Crippen LogP contribution in [0.15, 0.2) is 42.5 Å². The zero-order valence-electron chi connectivity index (χ0n) is 14.0. The Labute approximate surface area is 148 Å². The van der Waals surface area contributed by atoms with Crippen LogP contribution in [0.25, 0.3) is 0 Å². The van der Waals surface area contributed by atoms with E-state index in [4.69, 9.17) is 16.3 Å². The van der Waals surface area contributed by atoms with Crippen molar-refractivity contribution < 1.29 is 9.84 Å². The molecule has 0 aromatic heterocycles. The fraction of sp³-hybridized carbons (Fsp3) is 0.400. The Morgan fingerprint density at radius 1 is 1.12 bits per heavy atom. The van der Waals surface area contributed by atoms with Gasteiger partial charge in [0.25, 0.3) is 0 Å². The predicted molar refractivity (Wildman–Crippen MR) is 97.8 cm³/mol. The highest BCUT2D eigenvalue weighted by Crippen LogP contribution is 2.26. The molecule has 2 atom stereocenters. The van der Waals surface area contributed by atoms with Crippen LogP contribution in [0.5, 0.6) is 5.75 Å². The first-order chi connectivity index (χ1) is 11.6. The fourth-order valence-corrected chi connectivity index (χ4v) is 3.29. The molecule has 2 N–H and O–H groups in total. The quantitative estimate of drug-likeness (QED) is 0.747. The molecule has 0 spiro atoms. The van der Waals surface area contributed by atoms with Gasteiger partial charge in [0.1, 0.15) is 12.4 Å². The lowest BCUT2D eigenvalue weighted by Gasteiger charge is -2.21. The zero-order chi connectivity index (χ0) is 16.9. The Hall–Kier alpha value is -1.55. The summed E-state index contributed by atoms with van der Waals surface area (Å²) < 4.78 is 5.65. The van der Waals surface area contributed by atoms with Crippen molar-refractivity contribution in [2.75, 3.05) is 13.2 Å². The van der Waals surface area contributed by atoms with Gasteiger partial charge in [-0.3, -0.25) is 0 Å². The van der Waals surface area contributed by atoms with E-state index >= 15 is 0 Å². The van der Waals surface area contributed by atoms with Crippen molar-refractivity contribution in [3.63, 3.8) is 0 Å². The summed E-state index contributed by atoms with van der Waals surface area (Å²) in [7, 11) is 0. The van der Waals surface area contributed by atoms with Gasteiger partial charge in [-0.15, -0.1) is 0 Å². The summed E-state index contributed by atoms with van der Waals surface area (Å²) in [5, 5.41) is 14.6. The maximum absolute atomic E-state index is 10.5. The minimum Gasteiger partial charge on any atom is -0.492 e. The van der Waals surface area contributed by atoms with E-state index in [0.29, 0.717) is 18.2 Å². The molecule has 0 radical (unpaired) electrons. The van der Waals surface area contributed by atoms with E-state index in [0.717, 1.165) is 17.7 Å². The second-order valence-corrected chi connectivity index (χ2v) is 6.81. The number of halogens is 1. The molecule has 0 saturated carbocycles. The predicted octanol–water partition coefficient (Wildman–Crippen LogP) is 3.92. The van der Waals surface area contributed by atoms with Gasteiger partial charge in [-0.05, 0) is 67.1 Å². The monoisotopic (exact) mass is 345 g/mol. The van der Waals surface area contributed by atoms with Gasteiger partial charge in [-0.2, -0.15) is 0 Å². The molecule has 2 aromatic carbocycles. The minimum absolute atomic E-state index is 0.0294. The summed E-state index contributed by atoms with van der Waals surface area (Å²) in [6.07, 6.45) is 3.02. The Kier molecular flexibility index (Phi) is 5.77. The van der Waals surface area contributed by atoms with Gasteiger partial charge in [0.05, 0.1) is 6.10 Å². The van der Waals surface area contributed by atoms with Crippen molar-refractivity contribution in [2.45, 2.75) is 38.3 Å². The molecule has 128 valence electrons. The van der Waals surface area contributed by atoms with Crippen LogP contribution in [0.2, 0.25) is 5.02 Å². The summed E-state index contributed by atoms with van der Waals surface area (Å²) in [4.78, 5) is 0. The molecule has 0 bridgehead atoms. The number of aryl methyl sites for hydroxylation is 2. The first kappa shape index (κ1) is 17.3. The average Bonchev–Trinajstić information content (AvgIpc) is 3.07. The Bertz CT molecular complexity index is 672. The van der Waals surface area contributed by atoms with Gasteiger partial charge in [0.15, 0.2) is 0 Å². The van der Waals surface area contributed by atoms with E-state index in [9.17, 15) is 5.11 Å². The molecular weight excluding hydrogens is 322 g/mol. The molecule has 4 heteroatoms. The number of benzene rings is 2. The summed E-state index contributed by atoms with van der Waals surface area (Å²) in [6, 6.07) is 13.7. The van der Waals surface area contributed by atoms with Gasteiger partial charge in [-0.1, -0.05) is 29.8 Å². The number of hydrogen-bond acceptors (Lipinski definition) is 3. The van der Waals surface area contributed by atoms with Crippen LogP contribution in [0, 0.1) is 0 Å². The summed E-state index contributed by atoms with van der Waals surface area (Å²) >= 11 is 5.85. The molecular formula is C20H24ClNO2. The standard InChI is InChI=1S/C20H24ClNO2/c1-14(22-11-12-24-19-9-7-18(21)8-10-19)20(23)17-6-5-15-3-2-4-16(15)13-17/h5-10,13-14,20,22-23H,2-4,11-12H2,1H3. The number of nitrogens with one attached hydrogen (secondary N) is 1. The highest BCUT2D eigenvalue weighted by molar-refractivity contribution is 6.30. The first-order valence-corrected chi connectivity index (χ1v) is 8.93. The largest absolute Gasteiger partial charge is 0.492 e. The number of aliphatic hydroxyl groups excluding tert-OH is 1. The summed E-state index contributed by atoms with van der Waals surface area (Å²) in [6.45, 7) is 3.22. The van der Waals surface area contributed by atoms with Gasteiger partial charge < -0.3 is 15.2 Å². The number of rotatable bonds is 7. The topological polar surface area (TPSA) is 41.5 Å². The van der Waals surface area contributed by atoms with Crippen LogP contribution in [0.4, 0.5) is 0 Å². The van der Waals surface area contributed by atoms with Crippen molar-refractivity contribution in [3.05, 3.63) is 64.2 Å². The molecule has 0 aliphatic heterocycles. The Morgan fingerprint density at radius 3 is 2.67 bits per heavy atom. The third kappa shape index (κ3) is 4.29. The lowest BCUT2D eigenvalue weighted by Crippen LogP contribution is -2.35. The number of ether oxygens (including phenoxy) is 1. The van der Waals surface area contributed by atoms with Gasteiger partial charge in [0, 0.05) is 17.6 Å². The normalized spacial score (nSPS) is 15.8. The van der Waals surface area contributed by atoms with E-state index in [1.807, 2.05) is 31.2 Å². The van der Waals surface area contributed by atoms with Gasteiger partial charge in [-0.25, -0.2) is 0 Å². The van der Waals surface area contributed by atoms with Crippen LogP contribution in [0.3, 0.4) is 0 Å². The molecule has 0 heterocycles. The molecule has 2 unspecified atom stereocenters. The Morgan fingerprint density at radius 2 is 1.88 bits per heavy atom. The van der Waals surface area contributed by atoms with Crippen molar-refractivity contribution >= 4 is 11.6 Å². The molecule has 1 aliphatic rings. The van der Waals surface area contributed by atoms with Crippen LogP contribution >= 0.6 is 11.6 Å². The van der Waals surface area contributed by atoms with E-state index < -0.39 is 6.10 Å². The number of aliphatic hydroxyl groups is 1. The smallest absolute Gasteiger partial charge is 0.119 e. The minimum atomic E-state index is -0.508. The van der Waals surface area contributed by atoms with Gasteiger partial charge in [0.2, 0.25) is 0 Å². The Balaban J connectivity index is 1.46. The zero-order valence-corrected chi connectivity index (χ0v) is 14.7. The van der Waals surface area contributed by atoms with Crippen LogP contribution < -0.4 is 10.1 Å². The van der Waals surface area contributed by atoms with Crippen molar-refractivity contribution in [3.8, 4) is 5.75 Å². The summed E-state index contributed by atoms with van der Waals surface area (Å²) in [5.41, 5.74) is 3.82. The molecule has 1 aliphatic carbocycles. The highest BCUT2D eigenvalue weighted by Gasteiger charge is 2.18. The highest BCUT2D eigenvalue weighted by atomic mass is 35.5. The SMILES string of the molecule is CC(NCCOc1ccc(Cl)cc1)C(O)c1ccc2c(c1)CCC2. The average molecular weight is 346 g/mol. The second kappa shape index (κ2) is 8.02. The van der Waals surface area contributed by atoms with E-state index in [1.165, 1.54) is 24.0 Å². The first-order valence-electron chi connectivity index (χ1n) is 8.55. The second-order valence-electron chi connectivity index (χ2n) is 6.37. The molecule has 0 saturated heterocycles. The maximum Gasteiger partial charge on any atom is 0.119 e. The van der Waals surface area contributed by atoms with Crippen molar-refractivity contribution in [1.29, 1.82) is 0 Å². The lowest BCUT2D eigenvalue weighted by atomic mass is 9.99. The van der Waals surface area contributed by atoms with E-state index in [-0.39, 0.29) is 6.04 Å². The maximum atomic E-state index is 10.5. The van der Waals surface area contributed by atoms with Gasteiger partial charge >= 0.3 is 0 Å². The number of hydrogen-bond donors (Lipinski definition) is 2. The van der Waals surface area contributed by atoms with Crippen LogP contribution in [-0.2, 0) is 12.8 Å². The third-order valence-electron chi connectivity index (χ3n) is 4.59. The molecule has 0 fully saturated rings. The molecule has 3 nitrogen and oxygen atoms in total. The summed E-state index contributed by atoms with van der Waals surface area (Å²) in [5.74, 6) is 0.799. The van der Waals surface area contributed by atoms with Crippen LogP contribution in [0.1, 0.15) is 36.1 Å². The van der Waals surface area contributed by atoms with Crippen molar-refractivity contribution in [1.82, 2.24) is 5.32 Å².